The molecule has 6 nitrogen and oxygen atoms in total. The minimum atomic E-state index is -0.774. The molecule has 3 aromatic rings. The molecule has 2 aromatic carbocycles. The number of carbonyl (C=O) groups excluding carboxylic acids is 2. The van der Waals surface area contributed by atoms with Gasteiger partial charge < -0.3 is 4.42 Å². The second kappa shape index (κ2) is 6.96. The van der Waals surface area contributed by atoms with Crippen LogP contribution in [0.5, 0.6) is 0 Å². The molecule has 2 amide bonds. The minimum absolute atomic E-state index is 0.211. The molecule has 1 heterocycles. The molecule has 0 fully saturated rings. The van der Waals surface area contributed by atoms with Gasteiger partial charge in [-0.2, -0.15) is 0 Å². The van der Waals surface area contributed by atoms with Crippen molar-refractivity contribution < 1.29 is 14.0 Å². The maximum Gasteiger partial charge on any atom is 0.305 e. The first kappa shape index (κ1) is 17.0. The summed E-state index contributed by atoms with van der Waals surface area (Å²) in [5, 5.41) is 1.02. The van der Waals surface area contributed by atoms with E-state index in [1.807, 2.05) is 0 Å². The van der Waals surface area contributed by atoms with Crippen LogP contribution in [0.2, 0.25) is 10.0 Å². The summed E-state index contributed by atoms with van der Waals surface area (Å²) in [6.07, 6.45) is 0. The van der Waals surface area contributed by atoms with E-state index in [0.29, 0.717) is 10.0 Å². The molecule has 1 aromatic heterocycles. The molecule has 25 heavy (non-hydrogen) atoms. The highest BCUT2D eigenvalue weighted by Crippen LogP contribution is 2.17. The van der Waals surface area contributed by atoms with Crippen molar-refractivity contribution in [2.45, 2.75) is 0 Å². The standard InChI is InChI=1S/C17H10Cl2N2O4/c18-10-3-1-2-9(6-10)16(23)20-21-17(24)15-8-13(22)12-7-11(19)4-5-14(12)25-15/h1-8H,(H,20,23)(H,21,24). The number of carbonyl (C=O) groups is 2. The van der Waals surface area contributed by atoms with Crippen LogP contribution >= 0.6 is 23.2 Å². The molecule has 0 atom stereocenters. The van der Waals surface area contributed by atoms with Gasteiger partial charge in [-0.15, -0.1) is 0 Å². The summed E-state index contributed by atoms with van der Waals surface area (Å²) in [5.41, 5.74) is 4.46. The molecule has 126 valence electrons. The molecular formula is C17H10Cl2N2O4. The predicted molar refractivity (Wildman–Crippen MR) is 93.9 cm³/mol. The first-order valence-corrected chi connectivity index (χ1v) is 7.79. The van der Waals surface area contributed by atoms with E-state index >= 15 is 0 Å². The Balaban J connectivity index is 1.77. The first-order valence-electron chi connectivity index (χ1n) is 7.04. The fourth-order valence-electron chi connectivity index (χ4n) is 2.12. The lowest BCUT2D eigenvalue weighted by atomic mass is 10.2. The molecule has 0 aliphatic carbocycles. The molecule has 0 bridgehead atoms. The second-order valence-electron chi connectivity index (χ2n) is 5.03. The van der Waals surface area contributed by atoms with Crippen LogP contribution in [0.25, 0.3) is 11.0 Å². The van der Waals surface area contributed by atoms with Gasteiger partial charge in [-0.05, 0) is 36.4 Å². The van der Waals surface area contributed by atoms with Crippen LogP contribution in [0, 0.1) is 0 Å². The van der Waals surface area contributed by atoms with Crippen molar-refractivity contribution in [3.63, 3.8) is 0 Å². The summed E-state index contributed by atoms with van der Waals surface area (Å²) in [4.78, 5) is 36.1. The lowest BCUT2D eigenvalue weighted by Crippen LogP contribution is -2.41. The Labute approximate surface area is 151 Å². The molecule has 0 spiro atoms. The van der Waals surface area contributed by atoms with Crippen molar-refractivity contribution in [1.82, 2.24) is 10.9 Å². The van der Waals surface area contributed by atoms with Crippen LogP contribution in [0.4, 0.5) is 0 Å². The Bertz CT molecular complexity index is 1050. The molecule has 0 radical (unpaired) electrons. The van der Waals surface area contributed by atoms with Crippen molar-refractivity contribution in [1.29, 1.82) is 0 Å². The third-order valence-electron chi connectivity index (χ3n) is 3.29. The monoisotopic (exact) mass is 376 g/mol. The summed E-state index contributed by atoms with van der Waals surface area (Å²) in [5.74, 6) is -1.58. The number of nitrogens with one attached hydrogen (secondary N) is 2. The third-order valence-corrected chi connectivity index (χ3v) is 3.76. The van der Waals surface area contributed by atoms with Gasteiger partial charge in [0.15, 0.2) is 11.2 Å². The van der Waals surface area contributed by atoms with Gasteiger partial charge in [0.05, 0.1) is 5.39 Å². The van der Waals surface area contributed by atoms with E-state index in [9.17, 15) is 14.4 Å². The van der Waals surface area contributed by atoms with Gasteiger partial charge in [0.1, 0.15) is 5.58 Å². The normalized spacial score (nSPS) is 10.5. The zero-order valence-corrected chi connectivity index (χ0v) is 14.0. The fourth-order valence-corrected chi connectivity index (χ4v) is 2.48. The lowest BCUT2D eigenvalue weighted by Gasteiger charge is -2.07. The van der Waals surface area contributed by atoms with Crippen LogP contribution in [-0.4, -0.2) is 11.8 Å². The number of rotatable bonds is 2. The molecule has 8 heteroatoms. The number of benzene rings is 2. The number of hydrogen-bond donors (Lipinski definition) is 2. The SMILES string of the molecule is O=C(NNC(=O)c1cc(=O)c2cc(Cl)ccc2o1)c1cccc(Cl)c1. The molecule has 3 rings (SSSR count). The maximum atomic E-state index is 12.1. The Morgan fingerprint density at radius 1 is 0.880 bits per heavy atom. The highest BCUT2D eigenvalue weighted by atomic mass is 35.5. The number of hydrazine groups is 1. The topological polar surface area (TPSA) is 88.4 Å². The van der Waals surface area contributed by atoms with Crippen molar-refractivity contribution in [3.05, 3.63) is 80.1 Å². The van der Waals surface area contributed by atoms with Crippen LogP contribution in [0.3, 0.4) is 0 Å². The molecular weight excluding hydrogens is 367 g/mol. The van der Waals surface area contributed by atoms with Gasteiger partial charge in [-0.25, -0.2) is 0 Å². The molecule has 0 aliphatic rings. The fraction of sp³-hybridized carbons (Fsp3) is 0. The van der Waals surface area contributed by atoms with Gasteiger partial charge in [0.2, 0.25) is 0 Å². The minimum Gasteiger partial charge on any atom is -0.451 e. The van der Waals surface area contributed by atoms with E-state index in [-0.39, 0.29) is 22.3 Å². The highest BCUT2D eigenvalue weighted by molar-refractivity contribution is 6.31. The van der Waals surface area contributed by atoms with Crippen molar-refractivity contribution in [2.75, 3.05) is 0 Å². The van der Waals surface area contributed by atoms with Gasteiger partial charge >= 0.3 is 5.91 Å². The molecule has 0 saturated carbocycles. The van der Waals surface area contributed by atoms with Crippen molar-refractivity contribution in [3.8, 4) is 0 Å². The quantitative estimate of drug-likeness (QED) is 0.672. The van der Waals surface area contributed by atoms with Crippen LogP contribution in [0.15, 0.2) is 57.7 Å². The van der Waals surface area contributed by atoms with Gasteiger partial charge in [0.25, 0.3) is 5.91 Å². The van der Waals surface area contributed by atoms with Crippen molar-refractivity contribution in [2.24, 2.45) is 0 Å². The van der Waals surface area contributed by atoms with E-state index < -0.39 is 17.2 Å². The summed E-state index contributed by atoms with van der Waals surface area (Å²) >= 11 is 11.6. The van der Waals surface area contributed by atoms with Crippen LogP contribution in [0.1, 0.15) is 20.9 Å². The Hall–Kier alpha value is -2.83. The number of halogens is 2. The smallest absolute Gasteiger partial charge is 0.305 e. The average molecular weight is 377 g/mol. The zero-order valence-electron chi connectivity index (χ0n) is 12.5. The van der Waals surface area contributed by atoms with E-state index in [2.05, 4.69) is 10.9 Å². The van der Waals surface area contributed by atoms with Crippen LogP contribution < -0.4 is 16.3 Å². The Morgan fingerprint density at radius 2 is 1.60 bits per heavy atom. The zero-order chi connectivity index (χ0) is 18.0. The van der Waals surface area contributed by atoms with E-state index in [1.165, 1.54) is 30.3 Å². The largest absolute Gasteiger partial charge is 0.451 e. The number of amides is 2. The highest BCUT2D eigenvalue weighted by Gasteiger charge is 2.14. The number of hydrogen-bond acceptors (Lipinski definition) is 4. The summed E-state index contributed by atoms with van der Waals surface area (Å²) in [6.45, 7) is 0. The van der Waals surface area contributed by atoms with Gasteiger partial charge in [-0.3, -0.25) is 25.2 Å². The number of fused-ring (bicyclic) bond motifs is 1. The lowest BCUT2D eigenvalue weighted by molar-refractivity contribution is 0.0831. The van der Waals surface area contributed by atoms with E-state index in [1.54, 1.807) is 12.1 Å². The molecule has 0 unspecified atom stereocenters. The molecule has 2 N–H and O–H groups in total. The van der Waals surface area contributed by atoms with E-state index in [0.717, 1.165) is 6.07 Å². The maximum absolute atomic E-state index is 12.1. The third kappa shape index (κ3) is 3.81. The molecule has 0 saturated heterocycles. The van der Waals surface area contributed by atoms with Gasteiger partial charge in [0, 0.05) is 21.7 Å². The Morgan fingerprint density at radius 3 is 2.36 bits per heavy atom. The molecule has 0 aliphatic heterocycles. The van der Waals surface area contributed by atoms with Crippen LogP contribution in [-0.2, 0) is 0 Å². The Kier molecular flexibility index (Phi) is 4.74. The summed E-state index contributed by atoms with van der Waals surface area (Å²) in [7, 11) is 0. The van der Waals surface area contributed by atoms with Gasteiger partial charge in [-0.1, -0.05) is 29.3 Å². The summed E-state index contributed by atoms with van der Waals surface area (Å²) in [6, 6.07) is 11.7. The predicted octanol–water partition coefficient (Wildman–Crippen LogP) is 3.17. The summed E-state index contributed by atoms with van der Waals surface area (Å²) < 4.78 is 5.37. The average Bonchev–Trinajstić information content (AvgIpc) is 2.59. The first-order chi connectivity index (χ1) is 11.9. The van der Waals surface area contributed by atoms with E-state index in [4.69, 9.17) is 27.6 Å². The van der Waals surface area contributed by atoms with Crippen molar-refractivity contribution >= 4 is 46.0 Å². The second-order valence-corrected chi connectivity index (χ2v) is 5.91.